The third-order valence-electron chi connectivity index (χ3n) is 5.63. The number of nitrogens with one attached hydrogen (secondary N) is 2. The number of anilines is 2. The zero-order valence-corrected chi connectivity index (χ0v) is 17.2. The minimum Gasteiger partial charge on any atom is -0.364 e. The maximum absolute atomic E-state index is 12.8. The van der Waals surface area contributed by atoms with Crippen molar-refractivity contribution in [2.75, 3.05) is 43.4 Å². The lowest BCUT2D eigenvalue weighted by Crippen LogP contribution is -2.37. The summed E-state index contributed by atoms with van der Waals surface area (Å²) in [5.41, 5.74) is 3.14. The van der Waals surface area contributed by atoms with E-state index in [9.17, 15) is 9.59 Å². The number of rotatable bonds is 5. The van der Waals surface area contributed by atoms with Crippen molar-refractivity contribution in [1.82, 2.24) is 10.2 Å². The van der Waals surface area contributed by atoms with Crippen LogP contribution in [0.15, 0.2) is 42.5 Å². The van der Waals surface area contributed by atoms with E-state index in [1.54, 1.807) is 12.1 Å². The first kappa shape index (κ1) is 19.7. The van der Waals surface area contributed by atoms with Crippen LogP contribution in [0.5, 0.6) is 0 Å². The van der Waals surface area contributed by atoms with Crippen LogP contribution in [0.1, 0.15) is 34.8 Å². The van der Waals surface area contributed by atoms with Gasteiger partial charge in [0.25, 0.3) is 5.91 Å². The standard InChI is InChI=1S/C22H25ClN4O2/c1-26-14-21(28)25-18-12-15(8-9-19(18)26)22(29)24-13-20(27-10-4-5-11-27)16-6-2-3-7-17(16)23/h2-3,6-9,12,20H,4-5,10-11,13-14H2,1H3,(H,24,29)(H,25,28). The number of fused-ring (bicyclic) bond motifs is 1. The number of carbonyl (C=O) groups is 2. The molecule has 7 heteroatoms. The third kappa shape index (κ3) is 4.23. The predicted octanol–water partition coefficient (Wildman–Crippen LogP) is 3.30. The van der Waals surface area contributed by atoms with Crippen LogP contribution >= 0.6 is 11.6 Å². The molecule has 2 aromatic carbocycles. The van der Waals surface area contributed by atoms with Crippen LogP contribution < -0.4 is 15.5 Å². The minimum atomic E-state index is -0.161. The summed E-state index contributed by atoms with van der Waals surface area (Å²) < 4.78 is 0. The number of likely N-dealkylation sites (N-methyl/N-ethyl adjacent to an activating group) is 1. The van der Waals surface area contributed by atoms with Gasteiger partial charge in [-0.25, -0.2) is 0 Å². The van der Waals surface area contributed by atoms with Crippen molar-refractivity contribution in [3.8, 4) is 0 Å². The van der Waals surface area contributed by atoms with Crippen LogP contribution in [0.25, 0.3) is 0 Å². The minimum absolute atomic E-state index is 0.0404. The second-order valence-electron chi connectivity index (χ2n) is 7.63. The predicted molar refractivity (Wildman–Crippen MR) is 116 cm³/mol. The first-order valence-electron chi connectivity index (χ1n) is 9.94. The molecule has 0 saturated carbocycles. The second kappa shape index (κ2) is 8.43. The summed E-state index contributed by atoms with van der Waals surface area (Å²) in [5.74, 6) is -0.239. The molecule has 1 atom stereocenters. The summed E-state index contributed by atoms with van der Waals surface area (Å²) in [6.07, 6.45) is 2.32. The quantitative estimate of drug-likeness (QED) is 0.790. The van der Waals surface area contributed by atoms with Crippen LogP contribution in [0.4, 0.5) is 11.4 Å². The zero-order chi connectivity index (χ0) is 20.4. The molecule has 6 nitrogen and oxygen atoms in total. The van der Waals surface area contributed by atoms with E-state index in [0.717, 1.165) is 42.2 Å². The summed E-state index contributed by atoms with van der Waals surface area (Å²) >= 11 is 6.45. The Morgan fingerprint density at radius 1 is 1.21 bits per heavy atom. The van der Waals surface area contributed by atoms with Crippen LogP contribution in [-0.4, -0.2) is 49.9 Å². The van der Waals surface area contributed by atoms with E-state index in [0.29, 0.717) is 24.3 Å². The molecular weight excluding hydrogens is 388 g/mol. The molecule has 152 valence electrons. The maximum Gasteiger partial charge on any atom is 0.251 e. The molecule has 2 amide bonds. The van der Waals surface area contributed by atoms with Crippen molar-refractivity contribution in [1.29, 1.82) is 0 Å². The van der Waals surface area contributed by atoms with Crippen molar-refractivity contribution >= 4 is 34.8 Å². The van der Waals surface area contributed by atoms with Gasteiger partial charge in [-0.05, 0) is 55.8 Å². The Bertz CT molecular complexity index is 927. The maximum atomic E-state index is 12.8. The molecule has 1 unspecified atom stereocenters. The number of likely N-dealkylation sites (tertiary alicyclic amines) is 1. The lowest BCUT2D eigenvalue weighted by atomic mass is 10.0. The van der Waals surface area contributed by atoms with Gasteiger partial charge in [0.1, 0.15) is 0 Å². The van der Waals surface area contributed by atoms with Gasteiger partial charge in [0, 0.05) is 24.2 Å². The van der Waals surface area contributed by atoms with Gasteiger partial charge in [-0.1, -0.05) is 29.8 Å². The molecule has 1 fully saturated rings. The van der Waals surface area contributed by atoms with Gasteiger partial charge in [0.2, 0.25) is 5.91 Å². The Morgan fingerprint density at radius 3 is 2.72 bits per heavy atom. The van der Waals surface area contributed by atoms with Gasteiger partial charge in [0.05, 0.1) is 24.0 Å². The Hall–Kier alpha value is -2.57. The van der Waals surface area contributed by atoms with Crippen molar-refractivity contribution in [2.45, 2.75) is 18.9 Å². The first-order chi connectivity index (χ1) is 14.0. The average molecular weight is 413 g/mol. The highest BCUT2D eigenvalue weighted by Crippen LogP contribution is 2.31. The van der Waals surface area contributed by atoms with Crippen LogP contribution in [0.2, 0.25) is 5.02 Å². The van der Waals surface area contributed by atoms with Crippen LogP contribution in [0, 0.1) is 0 Å². The molecule has 2 heterocycles. The molecule has 2 N–H and O–H groups in total. The van der Waals surface area contributed by atoms with Gasteiger partial charge >= 0.3 is 0 Å². The van der Waals surface area contributed by atoms with Gasteiger partial charge in [-0.15, -0.1) is 0 Å². The molecule has 0 spiro atoms. The molecule has 2 aromatic rings. The average Bonchev–Trinajstić information content (AvgIpc) is 3.23. The van der Waals surface area contributed by atoms with Gasteiger partial charge in [-0.2, -0.15) is 0 Å². The molecular formula is C22H25ClN4O2. The Labute approximate surface area is 175 Å². The van der Waals surface area contributed by atoms with E-state index in [4.69, 9.17) is 11.6 Å². The molecule has 2 aliphatic rings. The number of halogens is 1. The fourth-order valence-corrected chi connectivity index (χ4v) is 4.39. The zero-order valence-electron chi connectivity index (χ0n) is 16.5. The number of hydrogen-bond donors (Lipinski definition) is 2. The van der Waals surface area contributed by atoms with E-state index in [-0.39, 0.29) is 17.9 Å². The highest BCUT2D eigenvalue weighted by atomic mass is 35.5. The monoisotopic (exact) mass is 412 g/mol. The number of nitrogens with zero attached hydrogens (tertiary/aromatic N) is 2. The molecule has 2 aliphatic heterocycles. The molecule has 1 saturated heterocycles. The van der Waals surface area contributed by atoms with E-state index < -0.39 is 0 Å². The number of carbonyl (C=O) groups excluding carboxylic acids is 2. The van der Waals surface area contributed by atoms with Gasteiger partial charge in [0.15, 0.2) is 0 Å². The molecule has 0 radical (unpaired) electrons. The Morgan fingerprint density at radius 2 is 1.97 bits per heavy atom. The topological polar surface area (TPSA) is 64.7 Å². The summed E-state index contributed by atoms with van der Waals surface area (Å²) in [6, 6.07) is 13.3. The summed E-state index contributed by atoms with van der Waals surface area (Å²) in [6.45, 7) is 2.80. The van der Waals surface area contributed by atoms with E-state index >= 15 is 0 Å². The van der Waals surface area contributed by atoms with Crippen molar-refractivity contribution in [3.63, 3.8) is 0 Å². The van der Waals surface area contributed by atoms with Crippen molar-refractivity contribution in [2.24, 2.45) is 0 Å². The summed E-state index contributed by atoms with van der Waals surface area (Å²) in [7, 11) is 1.86. The third-order valence-corrected chi connectivity index (χ3v) is 5.97. The fraction of sp³-hybridized carbons (Fsp3) is 0.364. The second-order valence-corrected chi connectivity index (χ2v) is 8.03. The lowest BCUT2D eigenvalue weighted by Gasteiger charge is -2.29. The Balaban J connectivity index is 1.50. The van der Waals surface area contributed by atoms with Crippen LogP contribution in [0.3, 0.4) is 0 Å². The van der Waals surface area contributed by atoms with Crippen molar-refractivity contribution in [3.05, 3.63) is 58.6 Å². The number of benzene rings is 2. The van der Waals surface area contributed by atoms with E-state index in [2.05, 4.69) is 15.5 Å². The van der Waals surface area contributed by atoms with Gasteiger partial charge < -0.3 is 15.5 Å². The van der Waals surface area contributed by atoms with Crippen LogP contribution in [-0.2, 0) is 4.79 Å². The fourth-order valence-electron chi connectivity index (χ4n) is 4.13. The Kier molecular flexibility index (Phi) is 5.74. The normalized spacial score (nSPS) is 17.6. The summed E-state index contributed by atoms with van der Waals surface area (Å²) in [5, 5.41) is 6.63. The number of hydrogen-bond acceptors (Lipinski definition) is 4. The van der Waals surface area contributed by atoms with E-state index in [1.807, 2.05) is 42.3 Å². The lowest BCUT2D eigenvalue weighted by molar-refractivity contribution is -0.115. The summed E-state index contributed by atoms with van der Waals surface area (Å²) in [4.78, 5) is 28.9. The smallest absolute Gasteiger partial charge is 0.251 e. The first-order valence-corrected chi connectivity index (χ1v) is 10.3. The van der Waals surface area contributed by atoms with E-state index in [1.165, 1.54) is 0 Å². The number of amides is 2. The SMILES string of the molecule is CN1CC(=O)Nc2cc(C(=O)NCC(c3ccccc3Cl)N3CCCC3)ccc21. The molecule has 4 rings (SSSR count). The molecule has 29 heavy (non-hydrogen) atoms. The highest BCUT2D eigenvalue weighted by Gasteiger charge is 2.26. The molecule has 0 aromatic heterocycles. The molecule has 0 aliphatic carbocycles. The molecule has 0 bridgehead atoms. The highest BCUT2D eigenvalue weighted by molar-refractivity contribution is 6.31. The van der Waals surface area contributed by atoms with Crippen molar-refractivity contribution < 1.29 is 9.59 Å². The van der Waals surface area contributed by atoms with Gasteiger partial charge in [-0.3, -0.25) is 14.5 Å². The largest absolute Gasteiger partial charge is 0.364 e.